The van der Waals surface area contributed by atoms with E-state index in [0.717, 1.165) is 25.6 Å². The lowest BCUT2D eigenvalue weighted by atomic mass is 9.78. The van der Waals surface area contributed by atoms with Crippen molar-refractivity contribution in [3.8, 4) is 0 Å². The number of nitrogens with zero attached hydrogens (tertiary/aromatic N) is 1. The molecule has 0 radical (unpaired) electrons. The van der Waals surface area contributed by atoms with Crippen LogP contribution in [0.4, 0.5) is 8.78 Å². The molecule has 1 heterocycles. The molecule has 5 heteroatoms. The Morgan fingerprint density at radius 1 is 1.10 bits per heavy atom. The van der Waals surface area contributed by atoms with Crippen molar-refractivity contribution in [1.29, 1.82) is 0 Å². The first-order valence-electron chi connectivity index (χ1n) is 7.05. The Balaban J connectivity index is 0.00000147. The molecule has 2 nitrogen and oxygen atoms in total. The summed E-state index contributed by atoms with van der Waals surface area (Å²) in [5, 5.41) is 0. The fourth-order valence-electron chi connectivity index (χ4n) is 3.70. The smallest absolute Gasteiger partial charge is 0.126 e. The summed E-state index contributed by atoms with van der Waals surface area (Å²) >= 11 is 0. The van der Waals surface area contributed by atoms with E-state index in [1.54, 1.807) is 0 Å². The van der Waals surface area contributed by atoms with Gasteiger partial charge in [-0.3, -0.25) is 4.90 Å². The molecule has 0 aromatic heterocycles. The molecule has 1 aliphatic heterocycles. The first-order chi connectivity index (χ1) is 9.11. The highest BCUT2D eigenvalue weighted by Crippen LogP contribution is 2.36. The van der Waals surface area contributed by atoms with Crippen LogP contribution in [0.5, 0.6) is 0 Å². The van der Waals surface area contributed by atoms with Gasteiger partial charge < -0.3 is 5.73 Å². The van der Waals surface area contributed by atoms with Gasteiger partial charge in [-0.1, -0.05) is 6.42 Å². The van der Waals surface area contributed by atoms with Gasteiger partial charge in [0.2, 0.25) is 0 Å². The normalized spacial score (nSPS) is 29.9. The fourth-order valence-corrected chi connectivity index (χ4v) is 3.70. The summed E-state index contributed by atoms with van der Waals surface area (Å²) in [6, 6.07) is 4.06. The standard InChI is InChI=1S/C15H20F2N2.ClH/c16-12-4-10(5-13(17)6-12)7-19-8-11-2-1-3-15(18)14(11)9-19;/h4-6,11,14-15H,1-3,7-9,18H2;1H. The lowest BCUT2D eigenvalue weighted by Crippen LogP contribution is -2.38. The molecule has 3 atom stereocenters. The van der Waals surface area contributed by atoms with E-state index in [1.165, 1.54) is 25.0 Å². The molecule has 1 aromatic carbocycles. The zero-order valence-electron chi connectivity index (χ0n) is 11.4. The van der Waals surface area contributed by atoms with Crippen LogP contribution in [0.2, 0.25) is 0 Å². The Morgan fingerprint density at radius 2 is 1.80 bits per heavy atom. The second kappa shape index (κ2) is 6.37. The molecule has 1 saturated heterocycles. The third-order valence-electron chi connectivity index (χ3n) is 4.56. The first-order valence-corrected chi connectivity index (χ1v) is 7.05. The van der Waals surface area contributed by atoms with Gasteiger partial charge in [-0.05, 0) is 42.4 Å². The number of fused-ring (bicyclic) bond motifs is 1. The molecule has 0 spiro atoms. The van der Waals surface area contributed by atoms with Crippen molar-refractivity contribution in [3.63, 3.8) is 0 Å². The molecule has 2 N–H and O–H groups in total. The second-order valence-corrected chi connectivity index (χ2v) is 5.99. The molecule has 1 aliphatic carbocycles. The van der Waals surface area contributed by atoms with Gasteiger partial charge in [-0.15, -0.1) is 12.4 Å². The highest BCUT2D eigenvalue weighted by atomic mass is 35.5. The third kappa shape index (κ3) is 3.30. The third-order valence-corrected chi connectivity index (χ3v) is 4.56. The molecule has 1 saturated carbocycles. The quantitative estimate of drug-likeness (QED) is 0.910. The van der Waals surface area contributed by atoms with Crippen LogP contribution in [0, 0.1) is 23.5 Å². The van der Waals surface area contributed by atoms with Gasteiger partial charge in [-0.25, -0.2) is 8.78 Å². The van der Waals surface area contributed by atoms with Crippen molar-refractivity contribution in [2.24, 2.45) is 17.6 Å². The molecule has 2 aliphatic rings. The van der Waals surface area contributed by atoms with Crippen LogP contribution in [-0.2, 0) is 6.54 Å². The predicted octanol–water partition coefficient (Wildman–Crippen LogP) is 2.95. The summed E-state index contributed by atoms with van der Waals surface area (Å²) in [4.78, 5) is 2.29. The minimum Gasteiger partial charge on any atom is -0.327 e. The number of hydrogen-bond donors (Lipinski definition) is 1. The van der Waals surface area contributed by atoms with E-state index in [9.17, 15) is 8.78 Å². The minimum atomic E-state index is -0.497. The van der Waals surface area contributed by atoms with Crippen molar-refractivity contribution in [2.45, 2.75) is 31.8 Å². The number of rotatable bonds is 2. The zero-order chi connectivity index (χ0) is 13.4. The Kier molecular flexibility index (Phi) is 4.99. The first kappa shape index (κ1) is 15.7. The van der Waals surface area contributed by atoms with Crippen molar-refractivity contribution in [2.75, 3.05) is 13.1 Å². The van der Waals surface area contributed by atoms with E-state index in [4.69, 9.17) is 5.73 Å². The number of nitrogens with two attached hydrogens (primary N) is 1. The van der Waals surface area contributed by atoms with Gasteiger partial charge in [0.25, 0.3) is 0 Å². The van der Waals surface area contributed by atoms with Crippen molar-refractivity contribution in [3.05, 3.63) is 35.4 Å². The molecule has 1 aromatic rings. The van der Waals surface area contributed by atoms with Crippen LogP contribution >= 0.6 is 12.4 Å². The Bertz CT molecular complexity index is 449. The Morgan fingerprint density at radius 3 is 2.45 bits per heavy atom. The predicted molar refractivity (Wildman–Crippen MR) is 77.7 cm³/mol. The summed E-state index contributed by atoms with van der Waals surface area (Å²) in [6.45, 7) is 2.59. The molecular formula is C15H21ClF2N2. The zero-order valence-corrected chi connectivity index (χ0v) is 12.2. The number of hydrogen-bond acceptors (Lipinski definition) is 2. The van der Waals surface area contributed by atoms with E-state index in [0.29, 0.717) is 30.0 Å². The van der Waals surface area contributed by atoms with E-state index in [1.807, 2.05) is 0 Å². The molecule has 20 heavy (non-hydrogen) atoms. The van der Waals surface area contributed by atoms with Crippen LogP contribution in [0.1, 0.15) is 24.8 Å². The topological polar surface area (TPSA) is 29.3 Å². The number of halogens is 3. The molecule has 2 fully saturated rings. The Hall–Kier alpha value is -0.710. The molecule has 0 amide bonds. The second-order valence-electron chi connectivity index (χ2n) is 5.99. The monoisotopic (exact) mass is 302 g/mol. The van der Waals surface area contributed by atoms with Gasteiger partial charge in [0.1, 0.15) is 11.6 Å². The van der Waals surface area contributed by atoms with Crippen LogP contribution in [-0.4, -0.2) is 24.0 Å². The highest BCUT2D eigenvalue weighted by molar-refractivity contribution is 5.85. The summed E-state index contributed by atoms with van der Waals surface area (Å²) in [5.41, 5.74) is 6.89. The van der Waals surface area contributed by atoms with E-state index in [-0.39, 0.29) is 12.4 Å². The van der Waals surface area contributed by atoms with E-state index >= 15 is 0 Å². The van der Waals surface area contributed by atoms with Gasteiger partial charge in [0.05, 0.1) is 0 Å². The van der Waals surface area contributed by atoms with Gasteiger partial charge in [0, 0.05) is 31.7 Å². The van der Waals surface area contributed by atoms with Crippen molar-refractivity contribution >= 4 is 12.4 Å². The number of benzene rings is 1. The van der Waals surface area contributed by atoms with Crippen LogP contribution in [0.25, 0.3) is 0 Å². The maximum atomic E-state index is 13.2. The Labute approximate surface area is 124 Å². The lowest BCUT2D eigenvalue weighted by molar-refractivity contribution is 0.259. The number of likely N-dealkylation sites (tertiary alicyclic amines) is 1. The lowest BCUT2D eigenvalue weighted by Gasteiger charge is -2.29. The molecule has 112 valence electrons. The average Bonchev–Trinajstić information content (AvgIpc) is 2.71. The van der Waals surface area contributed by atoms with Gasteiger partial charge >= 0.3 is 0 Å². The van der Waals surface area contributed by atoms with Crippen LogP contribution in [0.15, 0.2) is 18.2 Å². The maximum absolute atomic E-state index is 13.2. The molecule has 3 unspecified atom stereocenters. The fraction of sp³-hybridized carbons (Fsp3) is 0.600. The largest absolute Gasteiger partial charge is 0.327 e. The molecular weight excluding hydrogens is 282 g/mol. The van der Waals surface area contributed by atoms with E-state index < -0.39 is 11.6 Å². The highest BCUT2D eigenvalue weighted by Gasteiger charge is 2.38. The minimum absolute atomic E-state index is 0. The summed E-state index contributed by atoms with van der Waals surface area (Å²) < 4.78 is 26.4. The van der Waals surface area contributed by atoms with Gasteiger partial charge in [0.15, 0.2) is 0 Å². The summed E-state index contributed by atoms with van der Waals surface area (Å²) in [7, 11) is 0. The van der Waals surface area contributed by atoms with Crippen LogP contribution < -0.4 is 5.73 Å². The van der Waals surface area contributed by atoms with Crippen molar-refractivity contribution in [1.82, 2.24) is 4.90 Å². The van der Waals surface area contributed by atoms with Crippen molar-refractivity contribution < 1.29 is 8.78 Å². The summed E-state index contributed by atoms with van der Waals surface area (Å²) in [6.07, 6.45) is 3.57. The SMILES string of the molecule is Cl.NC1CCCC2CN(Cc3cc(F)cc(F)c3)CC12. The van der Waals surface area contributed by atoms with Gasteiger partial charge in [-0.2, -0.15) is 0 Å². The summed E-state index contributed by atoms with van der Waals surface area (Å²) in [5.74, 6) is 0.237. The average molecular weight is 303 g/mol. The molecule has 3 rings (SSSR count). The van der Waals surface area contributed by atoms with E-state index in [2.05, 4.69) is 4.90 Å². The van der Waals surface area contributed by atoms with Crippen LogP contribution in [0.3, 0.4) is 0 Å². The maximum Gasteiger partial charge on any atom is 0.126 e. The molecule has 0 bridgehead atoms.